The normalized spacial score (nSPS) is 23.0. The first kappa shape index (κ1) is 24.4. The maximum atomic E-state index is 13.9. The summed E-state index contributed by atoms with van der Waals surface area (Å²) in [6.45, 7) is 10.0. The number of hydrogen-bond donors (Lipinski definition) is 2. The number of pyridine rings is 1. The van der Waals surface area contributed by atoms with Crippen molar-refractivity contribution < 1.29 is 19.5 Å². The first-order valence-corrected chi connectivity index (χ1v) is 11.3. The maximum absolute atomic E-state index is 13.9. The highest BCUT2D eigenvalue weighted by atomic mass is 16.4. The molecule has 0 radical (unpaired) electrons. The Bertz CT molecular complexity index is 1030. The van der Waals surface area contributed by atoms with Gasteiger partial charge >= 0.3 is 5.97 Å². The molecule has 33 heavy (non-hydrogen) atoms. The van der Waals surface area contributed by atoms with Crippen LogP contribution >= 0.6 is 0 Å². The molecule has 1 fully saturated rings. The zero-order chi connectivity index (χ0) is 24.6. The molecule has 0 saturated carbocycles. The lowest BCUT2D eigenvalue weighted by atomic mass is 9.83. The summed E-state index contributed by atoms with van der Waals surface area (Å²) < 4.78 is 0. The summed E-state index contributed by atoms with van der Waals surface area (Å²) in [5.74, 6) is -3.12. The molecule has 176 valence electrons. The second-order valence-electron chi connectivity index (χ2n) is 10.3. The lowest BCUT2D eigenvalue weighted by molar-refractivity contribution is -0.150. The van der Waals surface area contributed by atoms with Gasteiger partial charge in [0.15, 0.2) is 0 Å². The Morgan fingerprint density at radius 3 is 2.24 bits per heavy atom. The highest BCUT2D eigenvalue weighted by Crippen LogP contribution is 2.50. The molecular formula is C26H33N3O4. The average molecular weight is 452 g/mol. The summed E-state index contributed by atoms with van der Waals surface area (Å²) >= 11 is 0. The second kappa shape index (κ2) is 8.96. The van der Waals surface area contributed by atoms with E-state index in [-0.39, 0.29) is 24.2 Å². The molecule has 1 aliphatic rings. The molecule has 1 aromatic heterocycles. The van der Waals surface area contributed by atoms with Crippen LogP contribution in [-0.2, 0) is 15.0 Å². The van der Waals surface area contributed by atoms with E-state index in [0.29, 0.717) is 11.3 Å². The van der Waals surface area contributed by atoms with Gasteiger partial charge in [0, 0.05) is 11.8 Å². The third-order valence-electron chi connectivity index (χ3n) is 6.39. The van der Waals surface area contributed by atoms with E-state index in [1.165, 1.54) is 4.90 Å². The topological polar surface area (TPSA) is 114 Å². The number of aliphatic carboxylic acids is 1. The molecule has 7 heteroatoms. The number of carbonyl (C=O) groups is 3. The molecule has 3 atom stereocenters. The van der Waals surface area contributed by atoms with Gasteiger partial charge in [-0.05, 0) is 54.0 Å². The van der Waals surface area contributed by atoms with Gasteiger partial charge in [-0.1, -0.05) is 52.8 Å². The van der Waals surface area contributed by atoms with E-state index < -0.39 is 35.3 Å². The van der Waals surface area contributed by atoms with Crippen LogP contribution in [0.15, 0.2) is 48.7 Å². The van der Waals surface area contributed by atoms with Crippen molar-refractivity contribution >= 4 is 17.8 Å². The third-order valence-corrected chi connectivity index (χ3v) is 6.39. The van der Waals surface area contributed by atoms with Crippen LogP contribution in [0.4, 0.5) is 0 Å². The lowest BCUT2D eigenvalue weighted by Crippen LogP contribution is -2.54. The Hall–Kier alpha value is -3.22. The van der Waals surface area contributed by atoms with E-state index in [0.717, 1.165) is 5.56 Å². The second-order valence-corrected chi connectivity index (χ2v) is 10.3. The van der Waals surface area contributed by atoms with E-state index in [4.69, 9.17) is 5.73 Å². The van der Waals surface area contributed by atoms with Gasteiger partial charge in [0.1, 0.15) is 5.54 Å². The number of rotatable bonds is 6. The largest absolute Gasteiger partial charge is 0.479 e. The molecule has 2 heterocycles. The highest BCUT2D eigenvalue weighted by molar-refractivity contribution is 6.00. The minimum Gasteiger partial charge on any atom is -0.479 e. The summed E-state index contributed by atoms with van der Waals surface area (Å²) in [6.07, 6.45) is 1.71. The lowest BCUT2D eigenvalue weighted by Gasteiger charge is -2.39. The quantitative estimate of drug-likeness (QED) is 0.691. The summed E-state index contributed by atoms with van der Waals surface area (Å²) in [7, 11) is 0. The first-order chi connectivity index (χ1) is 15.4. The maximum Gasteiger partial charge on any atom is 0.329 e. The smallest absolute Gasteiger partial charge is 0.329 e. The Morgan fingerprint density at radius 2 is 1.79 bits per heavy atom. The van der Waals surface area contributed by atoms with Crippen molar-refractivity contribution in [2.45, 2.75) is 64.5 Å². The van der Waals surface area contributed by atoms with Crippen LogP contribution in [0.5, 0.6) is 0 Å². The van der Waals surface area contributed by atoms with Crippen molar-refractivity contribution in [1.82, 2.24) is 9.88 Å². The number of benzene rings is 1. The molecule has 2 aromatic rings. The van der Waals surface area contributed by atoms with E-state index in [1.54, 1.807) is 36.5 Å². The SMILES string of the molecule is CC(C)C[C@@]1(C(=O)O)C[C@H](C(N)=O)[C@H](c2ccccn2)N1C(=O)c1ccc(C(C)(C)C)cc1. The van der Waals surface area contributed by atoms with E-state index in [2.05, 4.69) is 25.8 Å². The van der Waals surface area contributed by atoms with Gasteiger partial charge in [-0.25, -0.2) is 4.79 Å². The Labute approximate surface area is 195 Å². The number of carboxylic acids is 1. The van der Waals surface area contributed by atoms with Gasteiger partial charge in [-0.15, -0.1) is 0 Å². The summed E-state index contributed by atoms with van der Waals surface area (Å²) in [6, 6.07) is 11.5. The summed E-state index contributed by atoms with van der Waals surface area (Å²) in [5.41, 5.74) is 5.96. The molecule has 7 nitrogen and oxygen atoms in total. The Kier molecular flexibility index (Phi) is 6.63. The van der Waals surface area contributed by atoms with Crippen molar-refractivity contribution in [3.63, 3.8) is 0 Å². The zero-order valence-electron chi connectivity index (χ0n) is 19.9. The number of carboxylic acid groups (broad SMARTS) is 1. The number of nitrogens with two attached hydrogens (primary N) is 1. The van der Waals surface area contributed by atoms with Gasteiger partial charge in [0.25, 0.3) is 5.91 Å². The third kappa shape index (κ3) is 4.63. The number of nitrogens with zero attached hydrogens (tertiary/aromatic N) is 2. The molecule has 3 N–H and O–H groups in total. The van der Waals surface area contributed by atoms with Crippen LogP contribution in [0.1, 0.15) is 75.1 Å². The number of primary amides is 1. The molecule has 0 spiro atoms. The standard InChI is InChI=1S/C26H33N3O4/c1-16(2)14-26(24(32)33)15-19(22(27)30)21(20-8-6-7-13-28-20)29(26)23(31)17-9-11-18(12-10-17)25(3,4)5/h6-13,16,19,21H,14-15H2,1-5H3,(H2,27,30)(H,32,33)/t19-,21+,26-/m0/s1. The van der Waals surface area contributed by atoms with Crippen molar-refractivity contribution in [2.24, 2.45) is 17.6 Å². The number of carbonyl (C=O) groups excluding carboxylic acids is 2. The van der Waals surface area contributed by atoms with Gasteiger partial charge in [-0.2, -0.15) is 0 Å². The number of amides is 2. The molecule has 3 rings (SSSR count). The molecule has 1 saturated heterocycles. The van der Waals surface area contributed by atoms with Crippen molar-refractivity contribution in [2.75, 3.05) is 0 Å². The predicted octanol–water partition coefficient (Wildman–Crippen LogP) is 3.94. The number of aromatic nitrogens is 1. The van der Waals surface area contributed by atoms with E-state index >= 15 is 0 Å². The number of hydrogen-bond acceptors (Lipinski definition) is 4. The van der Waals surface area contributed by atoms with Gasteiger partial charge in [0.05, 0.1) is 17.7 Å². The van der Waals surface area contributed by atoms with Crippen molar-refractivity contribution in [3.8, 4) is 0 Å². The Morgan fingerprint density at radius 1 is 1.15 bits per heavy atom. The van der Waals surface area contributed by atoms with Crippen molar-refractivity contribution in [3.05, 3.63) is 65.5 Å². The fraction of sp³-hybridized carbons (Fsp3) is 0.462. The van der Waals surface area contributed by atoms with Crippen LogP contribution in [0.3, 0.4) is 0 Å². The van der Waals surface area contributed by atoms with Gasteiger partial charge < -0.3 is 15.7 Å². The minimum atomic E-state index is -1.57. The van der Waals surface area contributed by atoms with E-state index in [9.17, 15) is 19.5 Å². The molecule has 1 aromatic carbocycles. The zero-order valence-corrected chi connectivity index (χ0v) is 19.9. The van der Waals surface area contributed by atoms with Crippen LogP contribution < -0.4 is 5.73 Å². The first-order valence-electron chi connectivity index (χ1n) is 11.3. The van der Waals surface area contributed by atoms with E-state index in [1.807, 2.05) is 26.0 Å². The fourth-order valence-electron chi connectivity index (χ4n) is 4.87. The molecule has 1 aliphatic heterocycles. The highest BCUT2D eigenvalue weighted by Gasteiger charge is 2.60. The van der Waals surface area contributed by atoms with Crippen LogP contribution in [0, 0.1) is 11.8 Å². The van der Waals surface area contributed by atoms with Gasteiger partial charge in [0.2, 0.25) is 5.91 Å². The van der Waals surface area contributed by atoms with Crippen molar-refractivity contribution in [1.29, 1.82) is 0 Å². The van der Waals surface area contributed by atoms with Crippen LogP contribution in [-0.4, -0.2) is 38.3 Å². The Balaban J connectivity index is 2.20. The molecule has 2 amide bonds. The molecular weight excluding hydrogens is 418 g/mol. The van der Waals surface area contributed by atoms with Crippen LogP contribution in [0.25, 0.3) is 0 Å². The molecule has 0 aliphatic carbocycles. The monoisotopic (exact) mass is 451 g/mol. The van der Waals surface area contributed by atoms with Gasteiger partial charge in [-0.3, -0.25) is 14.6 Å². The number of likely N-dealkylation sites (tertiary alicyclic amines) is 1. The molecule has 0 unspecified atom stereocenters. The fourth-order valence-corrected chi connectivity index (χ4v) is 4.87. The predicted molar refractivity (Wildman–Crippen MR) is 125 cm³/mol. The minimum absolute atomic E-state index is 0.0318. The summed E-state index contributed by atoms with van der Waals surface area (Å²) in [5, 5.41) is 10.4. The summed E-state index contributed by atoms with van der Waals surface area (Å²) in [4.78, 5) is 45.0. The van der Waals surface area contributed by atoms with Crippen LogP contribution in [0.2, 0.25) is 0 Å². The molecule has 0 bridgehead atoms. The average Bonchev–Trinajstić information content (AvgIpc) is 3.09.